The van der Waals surface area contributed by atoms with Gasteiger partial charge in [0, 0.05) is 45.3 Å². The second-order valence-corrected chi connectivity index (χ2v) is 6.64. The van der Waals surface area contributed by atoms with E-state index in [2.05, 4.69) is 15.0 Å². The Hall–Kier alpha value is -0.950. The van der Waals surface area contributed by atoms with Crippen LogP contribution in [0.1, 0.15) is 26.5 Å². The Morgan fingerprint density at radius 3 is 2.52 bits per heavy atom. The van der Waals surface area contributed by atoms with Crippen LogP contribution in [0.4, 0.5) is 0 Å². The van der Waals surface area contributed by atoms with E-state index in [1.165, 1.54) is 0 Å². The quantitative estimate of drug-likeness (QED) is 0.844. The van der Waals surface area contributed by atoms with Crippen molar-refractivity contribution in [3.63, 3.8) is 0 Å². The number of β-amino-alcohol motifs (C(OH)–C–C–N with tert-alkyl or cyclic N) is 1. The highest BCUT2D eigenvalue weighted by atomic mass is 16.5. The van der Waals surface area contributed by atoms with E-state index in [1.807, 2.05) is 26.8 Å². The number of aliphatic hydroxyl groups is 1. The van der Waals surface area contributed by atoms with Gasteiger partial charge in [0.15, 0.2) is 0 Å². The molecule has 0 aromatic carbocycles. The Morgan fingerprint density at radius 2 is 1.95 bits per heavy atom. The second kappa shape index (κ2) is 7.35. The molecule has 0 amide bonds. The summed E-state index contributed by atoms with van der Waals surface area (Å²) in [5.41, 5.74) is 0.777. The summed E-state index contributed by atoms with van der Waals surface area (Å²) < 4.78 is 10.5. The normalized spacial score (nSPS) is 19.8. The maximum absolute atomic E-state index is 10.0. The Morgan fingerprint density at radius 1 is 1.29 bits per heavy atom. The van der Waals surface area contributed by atoms with Crippen LogP contribution in [0.2, 0.25) is 0 Å². The molecule has 0 saturated carbocycles. The molecule has 1 fully saturated rings. The van der Waals surface area contributed by atoms with E-state index < -0.39 is 6.10 Å². The number of piperazine rings is 1. The summed E-state index contributed by atoms with van der Waals surface area (Å²) in [6.45, 7) is 11.8. The first kappa shape index (κ1) is 16.4. The molecule has 120 valence electrons. The van der Waals surface area contributed by atoms with Crippen molar-refractivity contribution in [3.05, 3.63) is 18.0 Å². The first-order valence-electron chi connectivity index (χ1n) is 7.58. The lowest BCUT2D eigenvalue weighted by Crippen LogP contribution is -2.48. The molecule has 2 rings (SSSR count). The Balaban J connectivity index is 1.64. The van der Waals surface area contributed by atoms with Gasteiger partial charge in [0.2, 0.25) is 0 Å². The lowest BCUT2D eigenvalue weighted by Gasteiger charge is -2.35. The summed E-state index contributed by atoms with van der Waals surface area (Å²) in [4.78, 5) is 4.64. The molecule has 1 N–H and O–H groups in total. The number of ether oxygens (including phenoxy) is 1. The molecule has 2 heterocycles. The third kappa shape index (κ3) is 6.13. The van der Waals surface area contributed by atoms with Gasteiger partial charge < -0.3 is 14.4 Å². The maximum atomic E-state index is 10.0. The van der Waals surface area contributed by atoms with Crippen molar-refractivity contribution in [2.24, 2.45) is 0 Å². The van der Waals surface area contributed by atoms with Crippen molar-refractivity contribution in [1.29, 1.82) is 0 Å². The van der Waals surface area contributed by atoms with Gasteiger partial charge in [0.1, 0.15) is 6.26 Å². The highest BCUT2D eigenvalue weighted by Crippen LogP contribution is 2.10. The summed E-state index contributed by atoms with van der Waals surface area (Å²) in [5, 5.41) is 14.0. The molecule has 1 aromatic heterocycles. The number of hydrogen-bond donors (Lipinski definition) is 1. The maximum Gasteiger partial charge on any atom is 0.124 e. The van der Waals surface area contributed by atoms with Crippen molar-refractivity contribution in [3.8, 4) is 0 Å². The molecule has 1 unspecified atom stereocenters. The Kier molecular flexibility index (Phi) is 5.75. The van der Waals surface area contributed by atoms with Gasteiger partial charge in [-0.1, -0.05) is 5.16 Å². The molecule has 0 aliphatic carbocycles. The Labute approximate surface area is 126 Å². The van der Waals surface area contributed by atoms with Crippen LogP contribution in [0.5, 0.6) is 0 Å². The molecule has 1 aliphatic rings. The fourth-order valence-corrected chi connectivity index (χ4v) is 2.38. The van der Waals surface area contributed by atoms with Crippen LogP contribution in [-0.2, 0) is 11.3 Å². The van der Waals surface area contributed by atoms with Gasteiger partial charge in [-0.25, -0.2) is 0 Å². The molecule has 6 heteroatoms. The fraction of sp³-hybridized carbons (Fsp3) is 0.800. The van der Waals surface area contributed by atoms with Gasteiger partial charge in [-0.15, -0.1) is 0 Å². The first-order valence-corrected chi connectivity index (χ1v) is 7.58. The first-order chi connectivity index (χ1) is 9.92. The predicted octanol–water partition coefficient (Wildman–Crippen LogP) is 0.968. The van der Waals surface area contributed by atoms with Crippen LogP contribution < -0.4 is 0 Å². The SMILES string of the molecule is CC(C)(C)OCC(O)CN1CCN(Cc2ccon2)CC1. The van der Waals surface area contributed by atoms with Crippen LogP contribution in [0.25, 0.3) is 0 Å². The molecule has 0 spiro atoms. The van der Waals surface area contributed by atoms with Crippen molar-refractivity contribution in [2.75, 3.05) is 39.3 Å². The monoisotopic (exact) mass is 297 g/mol. The van der Waals surface area contributed by atoms with Gasteiger partial charge in [-0.05, 0) is 20.8 Å². The molecular formula is C15H27N3O3. The fourth-order valence-electron chi connectivity index (χ4n) is 2.38. The summed E-state index contributed by atoms with van der Waals surface area (Å²) in [6, 6.07) is 1.90. The van der Waals surface area contributed by atoms with E-state index in [1.54, 1.807) is 6.26 Å². The number of nitrogens with zero attached hydrogens (tertiary/aromatic N) is 3. The van der Waals surface area contributed by atoms with Crippen LogP contribution in [-0.4, -0.2) is 71.1 Å². The second-order valence-electron chi connectivity index (χ2n) is 6.64. The van der Waals surface area contributed by atoms with Crippen molar-refractivity contribution >= 4 is 0 Å². The van der Waals surface area contributed by atoms with Gasteiger partial charge in [-0.3, -0.25) is 9.80 Å². The standard InChI is InChI=1S/C15H27N3O3/c1-15(2,3)20-12-14(19)11-18-7-5-17(6-8-18)10-13-4-9-21-16-13/h4,9,14,19H,5-8,10-12H2,1-3H3. The minimum atomic E-state index is -0.425. The molecule has 21 heavy (non-hydrogen) atoms. The highest BCUT2D eigenvalue weighted by molar-refractivity contribution is 4.95. The molecule has 1 saturated heterocycles. The molecular weight excluding hydrogens is 270 g/mol. The predicted molar refractivity (Wildman–Crippen MR) is 79.9 cm³/mol. The van der Waals surface area contributed by atoms with E-state index in [0.29, 0.717) is 13.2 Å². The molecule has 6 nitrogen and oxygen atoms in total. The van der Waals surface area contributed by atoms with Gasteiger partial charge in [-0.2, -0.15) is 0 Å². The van der Waals surface area contributed by atoms with Crippen molar-refractivity contribution in [2.45, 2.75) is 39.0 Å². The highest BCUT2D eigenvalue weighted by Gasteiger charge is 2.21. The molecule has 0 radical (unpaired) electrons. The number of aromatic nitrogens is 1. The van der Waals surface area contributed by atoms with Crippen molar-refractivity contribution in [1.82, 2.24) is 15.0 Å². The van der Waals surface area contributed by atoms with Gasteiger partial charge in [0.05, 0.1) is 24.0 Å². The number of aliphatic hydroxyl groups excluding tert-OH is 1. The average Bonchev–Trinajstić information content (AvgIpc) is 2.91. The summed E-state index contributed by atoms with van der Waals surface area (Å²) in [5.74, 6) is 0. The zero-order chi connectivity index (χ0) is 15.3. The average molecular weight is 297 g/mol. The zero-order valence-electron chi connectivity index (χ0n) is 13.3. The molecule has 0 bridgehead atoms. The van der Waals surface area contributed by atoms with Crippen LogP contribution in [0.3, 0.4) is 0 Å². The minimum absolute atomic E-state index is 0.197. The lowest BCUT2D eigenvalue weighted by atomic mass is 10.2. The zero-order valence-corrected chi connectivity index (χ0v) is 13.3. The number of hydrogen-bond acceptors (Lipinski definition) is 6. The number of rotatable bonds is 6. The van der Waals surface area contributed by atoms with Crippen molar-refractivity contribution < 1.29 is 14.4 Å². The van der Waals surface area contributed by atoms with Gasteiger partial charge >= 0.3 is 0 Å². The van der Waals surface area contributed by atoms with E-state index >= 15 is 0 Å². The third-order valence-corrected chi connectivity index (χ3v) is 3.52. The molecule has 1 aromatic rings. The van der Waals surface area contributed by atoms with E-state index in [0.717, 1.165) is 38.4 Å². The largest absolute Gasteiger partial charge is 0.389 e. The van der Waals surface area contributed by atoms with E-state index in [9.17, 15) is 5.11 Å². The summed E-state index contributed by atoms with van der Waals surface area (Å²) >= 11 is 0. The van der Waals surface area contributed by atoms with Crippen LogP contribution in [0.15, 0.2) is 16.9 Å². The summed E-state index contributed by atoms with van der Waals surface area (Å²) in [6.07, 6.45) is 1.18. The summed E-state index contributed by atoms with van der Waals surface area (Å²) in [7, 11) is 0. The molecule has 1 atom stereocenters. The molecule has 1 aliphatic heterocycles. The minimum Gasteiger partial charge on any atom is -0.389 e. The van der Waals surface area contributed by atoms with E-state index in [-0.39, 0.29) is 5.60 Å². The van der Waals surface area contributed by atoms with Gasteiger partial charge in [0.25, 0.3) is 0 Å². The topological polar surface area (TPSA) is 62.0 Å². The third-order valence-electron chi connectivity index (χ3n) is 3.52. The lowest BCUT2D eigenvalue weighted by molar-refractivity contribution is -0.0587. The van der Waals surface area contributed by atoms with Crippen LogP contribution >= 0.6 is 0 Å². The van der Waals surface area contributed by atoms with Crippen LogP contribution in [0, 0.1) is 0 Å². The Bertz CT molecular complexity index is 395. The van der Waals surface area contributed by atoms with E-state index in [4.69, 9.17) is 9.26 Å². The smallest absolute Gasteiger partial charge is 0.124 e.